The van der Waals surface area contributed by atoms with Gasteiger partial charge in [0.25, 0.3) is 0 Å². The summed E-state index contributed by atoms with van der Waals surface area (Å²) in [6.07, 6.45) is 2.74. The number of sulfonamides is 1. The Kier molecular flexibility index (Phi) is 3.96. The van der Waals surface area contributed by atoms with Crippen LogP contribution in [0.5, 0.6) is 0 Å². The molecule has 20 heavy (non-hydrogen) atoms. The molecule has 0 aromatic carbocycles. The lowest BCUT2D eigenvalue weighted by Crippen LogP contribution is -2.22. The fourth-order valence-electron chi connectivity index (χ4n) is 1.73. The summed E-state index contributed by atoms with van der Waals surface area (Å²) < 4.78 is 32.9. The highest BCUT2D eigenvalue weighted by atomic mass is 32.2. The van der Waals surface area contributed by atoms with E-state index in [-0.39, 0.29) is 17.1 Å². The lowest BCUT2D eigenvalue weighted by Gasteiger charge is -2.02. The molecule has 8 heteroatoms. The predicted molar refractivity (Wildman–Crippen MR) is 69.8 cm³/mol. The fourth-order valence-corrected chi connectivity index (χ4v) is 2.77. The highest BCUT2D eigenvalue weighted by molar-refractivity contribution is 7.89. The first-order valence-electron chi connectivity index (χ1n) is 5.89. The van der Waals surface area contributed by atoms with Crippen molar-refractivity contribution in [3.05, 3.63) is 42.1 Å². The molecule has 0 saturated heterocycles. The Balaban J connectivity index is 2.23. The zero-order chi connectivity index (χ0) is 14.8. The molecule has 0 aliphatic carbocycles. The molecule has 0 unspecified atom stereocenters. The highest BCUT2D eigenvalue weighted by Gasteiger charge is 2.20. The Morgan fingerprint density at radius 1 is 1.50 bits per heavy atom. The summed E-state index contributed by atoms with van der Waals surface area (Å²) in [5.41, 5.74) is -0.0640. The second-order valence-corrected chi connectivity index (χ2v) is 5.82. The minimum atomic E-state index is -3.78. The van der Waals surface area contributed by atoms with Gasteiger partial charge in [0.1, 0.15) is 16.3 Å². The third-order valence-electron chi connectivity index (χ3n) is 2.76. The minimum absolute atomic E-state index is 0.00897. The number of carboxylic acids is 1. The SMILES string of the molecule is CCn1cc(S(=O)(=O)NCc2ccco2)cc1C(=O)O. The molecule has 0 amide bonds. The number of aryl methyl sites for hydroxylation is 1. The molecule has 2 N–H and O–H groups in total. The molecular weight excluding hydrogens is 284 g/mol. The third-order valence-corrected chi connectivity index (χ3v) is 4.13. The average molecular weight is 298 g/mol. The monoisotopic (exact) mass is 298 g/mol. The Labute approximate surface area is 115 Å². The number of carbonyl (C=O) groups is 1. The molecule has 0 saturated carbocycles. The van der Waals surface area contributed by atoms with E-state index in [9.17, 15) is 13.2 Å². The smallest absolute Gasteiger partial charge is 0.352 e. The van der Waals surface area contributed by atoms with E-state index in [2.05, 4.69) is 4.72 Å². The largest absolute Gasteiger partial charge is 0.477 e. The first kappa shape index (κ1) is 14.4. The van der Waals surface area contributed by atoms with E-state index in [0.717, 1.165) is 6.07 Å². The third kappa shape index (κ3) is 2.91. The van der Waals surface area contributed by atoms with Gasteiger partial charge >= 0.3 is 5.97 Å². The molecule has 2 aromatic heterocycles. The van der Waals surface area contributed by atoms with Crippen molar-refractivity contribution >= 4 is 16.0 Å². The van der Waals surface area contributed by atoms with E-state index in [4.69, 9.17) is 9.52 Å². The standard InChI is InChI=1S/C12H14N2O5S/c1-2-14-8-10(6-11(14)12(15)16)20(17,18)13-7-9-4-3-5-19-9/h3-6,8,13H,2,7H2,1H3,(H,15,16). The van der Waals surface area contributed by atoms with Crippen LogP contribution in [-0.2, 0) is 23.1 Å². The second-order valence-electron chi connectivity index (χ2n) is 4.06. The summed E-state index contributed by atoms with van der Waals surface area (Å²) in [6, 6.07) is 4.43. The van der Waals surface area contributed by atoms with Gasteiger partial charge in [-0.1, -0.05) is 0 Å². The van der Waals surface area contributed by atoms with Gasteiger partial charge in [-0.15, -0.1) is 0 Å². The molecule has 0 atom stereocenters. The van der Waals surface area contributed by atoms with E-state index in [0.29, 0.717) is 12.3 Å². The van der Waals surface area contributed by atoms with E-state index in [1.54, 1.807) is 19.1 Å². The lowest BCUT2D eigenvalue weighted by molar-refractivity contribution is 0.0685. The number of nitrogens with zero attached hydrogens (tertiary/aromatic N) is 1. The Morgan fingerprint density at radius 2 is 2.25 bits per heavy atom. The van der Waals surface area contributed by atoms with Crippen molar-refractivity contribution < 1.29 is 22.7 Å². The van der Waals surface area contributed by atoms with Crippen LogP contribution in [0.25, 0.3) is 0 Å². The molecule has 0 radical (unpaired) electrons. The van der Waals surface area contributed by atoms with Gasteiger partial charge in [-0.05, 0) is 25.1 Å². The van der Waals surface area contributed by atoms with Crippen LogP contribution in [0.15, 0.2) is 40.0 Å². The zero-order valence-electron chi connectivity index (χ0n) is 10.7. The van der Waals surface area contributed by atoms with Gasteiger partial charge in [-0.25, -0.2) is 17.9 Å². The van der Waals surface area contributed by atoms with Gasteiger partial charge in [-0.2, -0.15) is 0 Å². The van der Waals surface area contributed by atoms with Crippen LogP contribution in [0.3, 0.4) is 0 Å². The van der Waals surface area contributed by atoms with Crippen LogP contribution in [0.2, 0.25) is 0 Å². The van der Waals surface area contributed by atoms with Crippen molar-refractivity contribution in [2.45, 2.75) is 24.9 Å². The number of aromatic carboxylic acids is 1. The summed E-state index contributed by atoms with van der Waals surface area (Å²) in [5, 5.41) is 9.00. The molecular formula is C12H14N2O5S. The fraction of sp³-hybridized carbons (Fsp3) is 0.250. The van der Waals surface area contributed by atoms with E-state index >= 15 is 0 Å². The molecule has 7 nitrogen and oxygen atoms in total. The van der Waals surface area contributed by atoms with Crippen LogP contribution in [-0.4, -0.2) is 24.1 Å². The van der Waals surface area contributed by atoms with Gasteiger partial charge < -0.3 is 14.1 Å². The molecule has 2 rings (SSSR count). The zero-order valence-corrected chi connectivity index (χ0v) is 11.6. The average Bonchev–Trinajstić information content (AvgIpc) is 3.05. The predicted octanol–water partition coefficient (Wildman–Crippen LogP) is 1.28. The maximum Gasteiger partial charge on any atom is 0.352 e. The molecule has 0 bridgehead atoms. The molecule has 0 spiro atoms. The van der Waals surface area contributed by atoms with E-state index in [1.165, 1.54) is 17.0 Å². The van der Waals surface area contributed by atoms with Crippen LogP contribution in [0.1, 0.15) is 23.2 Å². The maximum atomic E-state index is 12.1. The summed E-state index contributed by atoms with van der Waals surface area (Å²) in [7, 11) is -3.78. The van der Waals surface area contributed by atoms with Gasteiger partial charge in [0.2, 0.25) is 10.0 Å². The molecule has 0 fully saturated rings. The van der Waals surface area contributed by atoms with Crippen LogP contribution in [0, 0.1) is 0 Å². The minimum Gasteiger partial charge on any atom is -0.477 e. The Hall–Kier alpha value is -2.06. The van der Waals surface area contributed by atoms with Gasteiger partial charge in [0.15, 0.2) is 0 Å². The van der Waals surface area contributed by atoms with Gasteiger partial charge in [0, 0.05) is 12.7 Å². The number of rotatable bonds is 6. The highest BCUT2D eigenvalue weighted by Crippen LogP contribution is 2.15. The summed E-state index contributed by atoms with van der Waals surface area (Å²) in [6.45, 7) is 2.11. The summed E-state index contributed by atoms with van der Waals surface area (Å²) in [4.78, 5) is 10.9. The number of aromatic nitrogens is 1. The molecule has 0 aliphatic rings. The number of nitrogens with one attached hydrogen (secondary N) is 1. The summed E-state index contributed by atoms with van der Waals surface area (Å²) in [5.74, 6) is -0.693. The van der Waals surface area contributed by atoms with Crippen molar-refractivity contribution in [1.29, 1.82) is 0 Å². The van der Waals surface area contributed by atoms with E-state index < -0.39 is 16.0 Å². The van der Waals surface area contributed by atoms with Crippen LogP contribution in [0.4, 0.5) is 0 Å². The topological polar surface area (TPSA) is 102 Å². The van der Waals surface area contributed by atoms with Crippen LogP contribution >= 0.6 is 0 Å². The van der Waals surface area contributed by atoms with Crippen molar-refractivity contribution in [3.63, 3.8) is 0 Å². The lowest BCUT2D eigenvalue weighted by atomic mass is 10.4. The van der Waals surface area contributed by atoms with Crippen molar-refractivity contribution in [3.8, 4) is 0 Å². The van der Waals surface area contributed by atoms with Crippen LogP contribution < -0.4 is 4.72 Å². The van der Waals surface area contributed by atoms with Crippen molar-refractivity contribution in [2.24, 2.45) is 0 Å². The first-order chi connectivity index (χ1) is 9.44. The van der Waals surface area contributed by atoms with Gasteiger partial charge in [-0.3, -0.25) is 0 Å². The first-order valence-corrected chi connectivity index (χ1v) is 7.38. The maximum absolute atomic E-state index is 12.1. The Morgan fingerprint density at radius 3 is 2.75 bits per heavy atom. The molecule has 0 aliphatic heterocycles. The molecule has 2 heterocycles. The normalized spacial score (nSPS) is 11.7. The molecule has 108 valence electrons. The number of furan rings is 1. The second kappa shape index (κ2) is 5.51. The van der Waals surface area contributed by atoms with Crippen molar-refractivity contribution in [2.75, 3.05) is 0 Å². The molecule has 2 aromatic rings. The number of hydrogen-bond acceptors (Lipinski definition) is 4. The number of carboxylic acid groups (broad SMARTS) is 1. The quantitative estimate of drug-likeness (QED) is 0.836. The van der Waals surface area contributed by atoms with Gasteiger partial charge in [0.05, 0.1) is 12.8 Å². The van der Waals surface area contributed by atoms with E-state index in [1.807, 2.05) is 0 Å². The van der Waals surface area contributed by atoms with Crippen molar-refractivity contribution in [1.82, 2.24) is 9.29 Å². The summed E-state index contributed by atoms with van der Waals surface area (Å²) >= 11 is 0. The Bertz CT molecular complexity index is 700. The number of hydrogen-bond donors (Lipinski definition) is 2.